The molecule has 0 aliphatic carbocycles. The highest BCUT2D eigenvalue weighted by Gasteiger charge is 2.15. The molecule has 2 aromatic rings. The lowest BCUT2D eigenvalue weighted by atomic mass is 10.0. The molecular weight excluding hydrogens is 347 g/mol. The van der Waals surface area contributed by atoms with Crippen molar-refractivity contribution in [2.45, 2.75) is 0 Å². The molecule has 92 valence electrons. The lowest BCUT2D eigenvalue weighted by Crippen LogP contribution is -2.00. The van der Waals surface area contributed by atoms with Gasteiger partial charge < -0.3 is 5.11 Å². The quantitative estimate of drug-likeness (QED) is 0.856. The smallest absolute Gasteiger partial charge is 0.341 e. The van der Waals surface area contributed by atoms with Gasteiger partial charge in [-0.2, -0.15) is 0 Å². The number of carboxylic acid groups (broad SMARTS) is 1. The standard InChI is InChI=1S/C13H9IO4/c15-13(16)11-8-10(6-7-12(11)14(17)18)9-4-2-1-3-5-9/h1-8H,(H,15,16). The van der Waals surface area contributed by atoms with E-state index < -0.39 is 25.8 Å². The minimum atomic E-state index is -3.79. The Morgan fingerprint density at radius 2 is 1.61 bits per heavy atom. The number of hydrogen-bond donors (Lipinski definition) is 1. The zero-order chi connectivity index (χ0) is 13.1. The molecule has 2 aromatic carbocycles. The number of hydrogen-bond acceptors (Lipinski definition) is 3. The molecule has 4 nitrogen and oxygen atoms in total. The van der Waals surface area contributed by atoms with Crippen molar-refractivity contribution in [1.82, 2.24) is 0 Å². The van der Waals surface area contributed by atoms with E-state index in [1.807, 2.05) is 30.3 Å². The van der Waals surface area contributed by atoms with Gasteiger partial charge in [-0.1, -0.05) is 36.4 Å². The Kier molecular flexibility index (Phi) is 3.71. The second-order valence-electron chi connectivity index (χ2n) is 3.58. The molecule has 0 atom stereocenters. The molecule has 0 aliphatic heterocycles. The van der Waals surface area contributed by atoms with Crippen molar-refractivity contribution in [3.05, 3.63) is 57.7 Å². The molecule has 18 heavy (non-hydrogen) atoms. The molecule has 0 unspecified atom stereocenters. The maximum atomic E-state index is 11.1. The van der Waals surface area contributed by atoms with Crippen molar-refractivity contribution in [3.63, 3.8) is 0 Å². The van der Waals surface area contributed by atoms with Crippen LogP contribution in [0.1, 0.15) is 10.4 Å². The van der Waals surface area contributed by atoms with Gasteiger partial charge in [-0.3, -0.25) is 0 Å². The van der Waals surface area contributed by atoms with Crippen LogP contribution in [0, 0.1) is 3.57 Å². The molecule has 1 N–H and O–H groups in total. The first-order valence-electron chi connectivity index (χ1n) is 5.07. The third kappa shape index (κ3) is 2.56. The fourth-order valence-corrected chi connectivity index (χ4v) is 2.97. The van der Waals surface area contributed by atoms with E-state index in [9.17, 15) is 10.9 Å². The minimum absolute atomic E-state index is 0.0774. The molecule has 0 spiro atoms. The zero-order valence-corrected chi connectivity index (χ0v) is 11.3. The lowest BCUT2D eigenvalue weighted by Gasteiger charge is -2.04. The van der Waals surface area contributed by atoms with E-state index in [1.54, 1.807) is 6.07 Å². The third-order valence-electron chi connectivity index (χ3n) is 2.47. The van der Waals surface area contributed by atoms with Gasteiger partial charge in [0.15, 0.2) is 0 Å². The van der Waals surface area contributed by atoms with E-state index in [0.29, 0.717) is 5.56 Å². The van der Waals surface area contributed by atoms with Crippen LogP contribution in [-0.4, -0.2) is 11.1 Å². The summed E-state index contributed by atoms with van der Waals surface area (Å²) in [6.07, 6.45) is 0. The van der Waals surface area contributed by atoms with E-state index in [2.05, 4.69) is 0 Å². The van der Waals surface area contributed by atoms with E-state index in [4.69, 9.17) is 5.11 Å². The van der Waals surface area contributed by atoms with Gasteiger partial charge in [-0.25, -0.2) is 10.9 Å². The Morgan fingerprint density at radius 3 is 2.17 bits per heavy atom. The molecule has 0 heterocycles. The monoisotopic (exact) mass is 356 g/mol. The highest BCUT2D eigenvalue weighted by molar-refractivity contribution is 14.2. The maximum Gasteiger partial charge on any atom is 0.341 e. The Balaban J connectivity index is 2.61. The summed E-state index contributed by atoms with van der Waals surface area (Å²) in [5, 5.41) is 9.03. The molecule has 0 bridgehead atoms. The van der Waals surface area contributed by atoms with Crippen molar-refractivity contribution < 1.29 is 16.0 Å². The van der Waals surface area contributed by atoms with Gasteiger partial charge in [0.05, 0.1) is 9.13 Å². The molecule has 0 saturated heterocycles. The van der Waals surface area contributed by atoms with Crippen molar-refractivity contribution in [2.75, 3.05) is 0 Å². The Labute approximate surface area is 110 Å². The van der Waals surface area contributed by atoms with E-state index in [0.717, 1.165) is 5.56 Å². The predicted octanol–water partition coefficient (Wildman–Crippen LogP) is 3.42. The number of carboxylic acids is 1. The van der Waals surface area contributed by atoms with Crippen LogP contribution in [0.2, 0.25) is 0 Å². The molecule has 0 saturated carbocycles. The summed E-state index contributed by atoms with van der Waals surface area (Å²) in [4.78, 5) is 11.1. The summed E-state index contributed by atoms with van der Waals surface area (Å²) in [7, 11) is 0. The fourth-order valence-electron chi connectivity index (χ4n) is 1.63. The molecule has 2 rings (SSSR count). The van der Waals surface area contributed by atoms with Crippen molar-refractivity contribution in [1.29, 1.82) is 0 Å². The van der Waals surface area contributed by atoms with E-state index in [1.165, 1.54) is 12.1 Å². The van der Waals surface area contributed by atoms with Crippen LogP contribution in [0.5, 0.6) is 0 Å². The second kappa shape index (κ2) is 5.26. The fraction of sp³-hybridized carbons (Fsp3) is 0. The summed E-state index contributed by atoms with van der Waals surface area (Å²) in [6.45, 7) is 0. The van der Waals surface area contributed by atoms with Gasteiger partial charge in [0.2, 0.25) is 0 Å². The van der Waals surface area contributed by atoms with Crippen LogP contribution in [0.25, 0.3) is 11.1 Å². The molecular formula is C13H9IO4. The Bertz CT molecular complexity index is 652. The van der Waals surface area contributed by atoms with Crippen LogP contribution in [0.4, 0.5) is 0 Å². The highest BCUT2D eigenvalue weighted by atomic mass is 127. The predicted molar refractivity (Wildman–Crippen MR) is 72.9 cm³/mol. The number of halogens is 1. The van der Waals surface area contributed by atoms with Gasteiger partial charge >= 0.3 is 25.8 Å². The first kappa shape index (κ1) is 12.7. The number of carbonyl (C=O) groups is 1. The normalized spacial score (nSPS) is 10.5. The average Bonchev–Trinajstić information content (AvgIpc) is 2.39. The lowest BCUT2D eigenvalue weighted by molar-refractivity contribution is 0.0695. The SMILES string of the molecule is O=C(O)c1cc(-c2ccccc2)ccc1I(=O)=O. The van der Waals surface area contributed by atoms with Gasteiger partial charge in [-0.05, 0) is 23.3 Å². The summed E-state index contributed by atoms with van der Waals surface area (Å²) < 4.78 is 22.0. The second-order valence-corrected chi connectivity index (χ2v) is 5.99. The first-order valence-corrected chi connectivity index (χ1v) is 7.91. The number of rotatable bonds is 3. The van der Waals surface area contributed by atoms with Crippen LogP contribution < -0.4 is 0 Å². The van der Waals surface area contributed by atoms with Crippen molar-refractivity contribution >= 4 is 25.8 Å². The van der Waals surface area contributed by atoms with Gasteiger partial charge in [0.1, 0.15) is 0 Å². The molecule has 5 heteroatoms. The maximum absolute atomic E-state index is 11.1. The molecule has 0 aliphatic rings. The number of aromatic carboxylic acids is 1. The minimum Gasteiger partial charge on any atom is -0.478 e. The van der Waals surface area contributed by atoms with Crippen LogP contribution >= 0.6 is 19.8 Å². The van der Waals surface area contributed by atoms with E-state index in [-0.39, 0.29) is 9.13 Å². The van der Waals surface area contributed by atoms with Crippen LogP contribution in [-0.2, 0) is 6.14 Å². The molecule has 0 amide bonds. The third-order valence-corrected chi connectivity index (χ3v) is 4.36. The topological polar surface area (TPSA) is 71.4 Å². The molecule has 0 fully saturated rings. The Morgan fingerprint density at radius 1 is 0.944 bits per heavy atom. The summed E-state index contributed by atoms with van der Waals surface area (Å²) >= 11 is -3.79. The summed E-state index contributed by atoms with van der Waals surface area (Å²) in [6, 6.07) is 13.6. The summed E-state index contributed by atoms with van der Waals surface area (Å²) in [5.41, 5.74) is 1.38. The van der Waals surface area contributed by atoms with Gasteiger partial charge in [-0.15, -0.1) is 0 Å². The van der Waals surface area contributed by atoms with Crippen molar-refractivity contribution in [3.8, 4) is 11.1 Å². The molecule has 0 radical (unpaired) electrons. The highest BCUT2D eigenvalue weighted by Crippen LogP contribution is 2.27. The van der Waals surface area contributed by atoms with Gasteiger partial charge in [0, 0.05) is 0 Å². The van der Waals surface area contributed by atoms with Gasteiger partial charge in [0.25, 0.3) is 0 Å². The van der Waals surface area contributed by atoms with Crippen molar-refractivity contribution in [2.24, 2.45) is 0 Å². The number of benzene rings is 2. The van der Waals surface area contributed by atoms with Crippen LogP contribution in [0.15, 0.2) is 48.5 Å². The van der Waals surface area contributed by atoms with E-state index >= 15 is 0 Å². The first-order chi connectivity index (χ1) is 8.59. The summed E-state index contributed by atoms with van der Waals surface area (Å²) in [5.74, 6) is -1.23. The zero-order valence-electron chi connectivity index (χ0n) is 9.17. The molecule has 0 aromatic heterocycles. The largest absolute Gasteiger partial charge is 0.478 e. The average molecular weight is 356 g/mol. The van der Waals surface area contributed by atoms with Crippen LogP contribution in [0.3, 0.4) is 0 Å². The Hall–Kier alpha value is -1.76.